The number of piperazine rings is 1. The van der Waals surface area contributed by atoms with Crippen molar-refractivity contribution >= 4 is 27.9 Å². The van der Waals surface area contributed by atoms with E-state index in [2.05, 4.69) is 27.3 Å². The largest absolute Gasteiger partial charge is 0.339 e. The molecule has 2 aromatic carbocycles. The summed E-state index contributed by atoms with van der Waals surface area (Å²) in [5, 5.41) is 2.98. The average Bonchev–Trinajstić information content (AvgIpc) is 2.71. The van der Waals surface area contributed by atoms with Crippen molar-refractivity contribution in [2.75, 3.05) is 32.7 Å². The van der Waals surface area contributed by atoms with Crippen LogP contribution in [0.25, 0.3) is 0 Å². The number of urea groups is 1. The molecule has 148 valence electrons. The van der Waals surface area contributed by atoms with Gasteiger partial charge in [-0.15, -0.1) is 0 Å². The number of amides is 3. The Morgan fingerprint density at radius 3 is 2.29 bits per heavy atom. The van der Waals surface area contributed by atoms with Gasteiger partial charge in [0.2, 0.25) is 5.91 Å². The van der Waals surface area contributed by atoms with Crippen LogP contribution in [0.3, 0.4) is 0 Å². The second-order valence-electron chi connectivity index (χ2n) is 7.10. The van der Waals surface area contributed by atoms with Gasteiger partial charge in [0.05, 0.1) is 6.42 Å². The summed E-state index contributed by atoms with van der Waals surface area (Å²) in [5.41, 5.74) is 3.40. The molecule has 6 heteroatoms. The van der Waals surface area contributed by atoms with Crippen molar-refractivity contribution < 1.29 is 9.59 Å². The number of benzene rings is 2. The molecule has 2 aromatic rings. The molecular weight excluding hydrogens is 418 g/mol. The molecule has 5 nitrogen and oxygen atoms in total. The summed E-state index contributed by atoms with van der Waals surface area (Å²) < 4.78 is 1.06. The minimum absolute atomic E-state index is 0.0577. The minimum atomic E-state index is -0.0577. The number of rotatable bonds is 5. The molecule has 1 aliphatic heterocycles. The molecule has 28 heavy (non-hydrogen) atoms. The van der Waals surface area contributed by atoms with Crippen LogP contribution in [0, 0.1) is 6.92 Å². The summed E-state index contributed by atoms with van der Waals surface area (Å²) in [6.07, 6.45) is 1.20. The average molecular weight is 444 g/mol. The summed E-state index contributed by atoms with van der Waals surface area (Å²) in [6, 6.07) is 16.0. The Hall–Kier alpha value is -2.34. The Balaban J connectivity index is 1.40. The van der Waals surface area contributed by atoms with Gasteiger partial charge in [0.15, 0.2) is 0 Å². The van der Waals surface area contributed by atoms with E-state index < -0.39 is 0 Å². The fourth-order valence-electron chi connectivity index (χ4n) is 3.27. The number of hydrogen-bond acceptors (Lipinski definition) is 2. The highest BCUT2D eigenvalue weighted by atomic mass is 79.9. The Bertz CT molecular complexity index is 815. The number of nitrogens with zero attached hydrogens (tertiary/aromatic N) is 2. The number of carbonyl (C=O) groups excluding carboxylic acids is 2. The molecule has 0 unspecified atom stereocenters. The first kappa shape index (κ1) is 20.4. The third-order valence-corrected chi connectivity index (χ3v) is 5.80. The Labute approximate surface area is 174 Å². The maximum atomic E-state index is 12.5. The third-order valence-electron chi connectivity index (χ3n) is 5.02. The summed E-state index contributed by atoms with van der Waals surface area (Å²) >= 11 is 3.53. The molecule has 0 radical (unpaired) electrons. The van der Waals surface area contributed by atoms with Gasteiger partial charge in [-0.05, 0) is 30.5 Å². The van der Waals surface area contributed by atoms with E-state index in [0.717, 1.165) is 16.5 Å². The molecule has 1 aliphatic rings. The lowest BCUT2D eigenvalue weighted by atomic mass is 10.1. The molecule has 0 atom stereocenters. The molecule has 0 spiro atoms. The highest BCUT2D eigenvalue weighted by Gasteiger charge is 2.23. The van der Waals surface area contributed by atoms with Gasteiger partial charge in [0.1, 0.15) is 0 Å². The highest BCUT2D eigenvalue weighted by Crippen LogP contribution is 2.16. The Morgan fingerprint density at radius 1 is 0.964 bits per heavy atom. The number of aryl methyl sites for hydroxylation is 1. The predicted molar refractivity (Wildman–Crippen MR) is 114 cm³/mol. The Kier molecular flexibility index (Phi) is 7.09. The van der Waals surface area contributed by atoms with Crippen LogP contribution in [0.2, 0.25) is 0 Å². The van der Waals surface area contributed by atoms with Crippen LogP contribution in [0.4, 0.5) is 4.79 Å². The van der Waals surface area contributed by atoms with Crippen LogP contribution in [0.1, 0.15) is 16.7 Å². The smallest absolute Gasteiger partial charge is 0.317 e. The summed E-state index contributed by atoms with van der Waals surface area (Å²) in [6.45, 7) is 4.94. The highest BCUT2D eigenvalue weighted by molar-refractivity contribution is 9.10. The normalized spacial score (nSPS) is 14.1. The van der Waals surface area contributed by atoms with Gasteiger partial charge in [-0.2, -0.15) is 0 Å². The zero-order valence-corrected chi connectivity index (χ0v) is 17.7. The summed E-state index contributed by atoms with van der Waals surface area (Å²) in [5.74, 6) is 0.123. The van der Waals surface area contributed by atoms with Crippen molar-refractivity contribution in [3.63, 3.8) is 0 Å². The van der Waals surface area contributed by atoms with Gasteiger partial charge in [-0.3, -0.25) is 4.79 Å². The quantitative estimate of drug-likeness (QED) is 0.769. The molecule has 1 fully saturated rings. The lowest BCUT2D eigenvalue weighted by molar-refractivity contribution is -0.131. The van der Waals surface area contributed by atoms with Crippen LogP contribution < -0.4 is 5.32 Å². The molecular formula is C22H26BrN3O2. The molecule has 0 aliphatic carbocycles. The zero-order valence-electron chi connectivity index (χ0n) is 16.2. The SMILES string of the molecule is Cc1ccc(CC(=O)N2CCN(C(=O)NCCc3ccccc3Br)CC2)cc1. The second kappa shape index (κ2) is 9.73. The molecule has 3 amide bonds. The first-order chi connectivity index (χ1) is 13.5. The second-order valence-corrected chi connectivity index (χ2v) is 7.96. The zero-order chi connectivity index (χ0) is 19.9. The van der Waals surface area contributed by atoms with Crippen LogP contribution >= 0.6 is 15.9 Å². The molecule has 0 bridgehead atoms. The maximum Gasteiger partial charge on any atom is 0.317 e. The lowest BCUT2D eigenvalue weighted by Gasteiger charge is -2.34. The van der Waals surface area contributed by atoms with Crippen molar-refractivity contribution in [2.24, 2.45) is 0 Å². The number of halogens is 1. The molecule has 3 rings (SSSR count). The van der Waals surface area contributed by atoms with Gasteiger partial charge in [0, 0.05) is 37.2 Å². The minimum Gasteiger partial charge on any atom is -0.339 e. The topological polar surface area (TPSA) is 52.7 Å². The first-order valence-corrected chi connectivity index (χ1v) is 10.4. The first-order valence-electron chi connectivity index (χ1n) is 9.62. The molecule has 1 N–H and O–H groups in total. The van der Waals surface area contributed by atoms with Crippen molar-refractivity contribution in [3.8, 4) is 0 Å². The van der Waals surface area contributed by atoms with Crippen molar-refractivity contribution in [2.45, 2.75) is 19.8 Å². The van der Waals surface area contributed by atoms with Crippen LogP contribution in [-0.4, -0.2) is 54.5 Å². The third kappa shape index (κ3) is 5.58. The molecule has 0 saturated carbocycles. The fraction of sp³-hybridized carbons (Fsp3) is 0.364. The van der Waals surface area contributed by atoms with E-state index in [9.17, 15) is 9.59 Å². The van der Waals surface area contributed by atoms with E-state index in [1.165, 1.54) is 11.1 Å². The molecule has 1 saturated heterocycles. The summed E-state index contributed by atoms with van der Waals surface area (Å²) in [7, 11) is 0. The van der Waals surface area contributed by atoms with E-state index in [-0.39, 0.29) is 11.9 Å². The van der Waals surface area contributed by atoms with E-state index in [1.807, 2.05) is 54.3 Å². The number of hydrogen-bond donors (Lipinski definition) is 1. The predicted octanol–water partition coefficient (Wildman–Crippen LogP) is 3.40. The van der Waals surface area contributed by atoms with Crippen LogP contribution in [0.15, 0.2) is 53.0 Å². The standard InChI is InChI=1S/C22H26BrN3O2/c1-17-6-8-18(9-7-17)16-21(27)25-12-14-26(15-13-25)22(28)24-11-10-19-4-2-3-5-20(19)23/h2-9H,10-16H2,1H3,(H,24,28). The van der Waals surface area contributed by atoms with Gasteiger partial charge in [0.25, 0.3) is 0 Å². The monoisotopic (exact) mass is 443 g/mol. The van der Waals surface area contributed by atoms with Gasteiger partial charge < -0.3 is 15.1 Å². The van der Waals surface area contributed by atoms with Crippen LogP contribution in [-0.2, 0) is 17.6 Å². The van der Waals surface area contributed by atoms with Gasteiger partial charge in [-0.25, -0.2) is 4.79 Å². The van der Waals surface area contributed by atoms with Crippen molar-refractivity contribution in [1.82, 2.24) is 15.1 Å². The van der Waals surface area contributed by atoms with Gasteiger partial charge in [-0.1, -0.05) is 64.0 Å². The van der Waals surface area contributed by atoms with E-state index >= 15 is 0 Å². The maximum absolute atomic E-state index is 12.5. The van der Waals surface area contributed by atoms with Crippen molar-refractivity contribution in [3.05, 3.63) is 69.7 Å². The molecule has 0 aromatic heterocycles. The summed E-state index contributed by atoms with van der Waals surface area (Å²) in [4.78, 5) is 28.5. The van der Waals surface area contributed by atoms with Crippen molar-refractivity contribution in [1.29, 1.82) is 0 Å². The van der Waals surface area contributed by atoms with E-state index in [1.54, 1.807) is 4.90 Å². The van der Waals surface area contributed by atoms with E-state index in [0.29, 0.717) is 39.1 Å². The Morgan fingerprint density at radius 2 is 1.61 bits per heavy atom. The van der Waals surface area contributed by atoms with Crippen LogP contribution in [0.5, 0.6) is 0 Å². The number of carbonyl (C=O) groups is 2. The molecule has 1 heterocycles. The van der Waals surface area contributed by atoms with E-state index in [4.69, 9.17) is 0 Å². The van der Waals surface area contributed by atoms with Gasteiger partial charge >= 0.3 is 6.03 Å². The fourth-order valence-corrected chi connectivity index (χ4v) is 3.75. The lowest BCUT2D eigenvalue weighted by Crippen LogP contribution is -2.53. The number of nitrogens with one attached hydrogen (secondary N) is 1.